The molecule has 0 aliphatic carbocycles. The SMILES string of the molecule is CPc1ccc(C)c(C(=O)c2ccoc2)c1C. The summed E-state index contributed by atoms with van der Waals surface area (Å²) in [5, 5.41) is 1.25. The number of rotatable bonds is 3. The van der Waals surface area contributed by atoms with Crippen molar-refractivity contribution in [1.82, 2.24) is 0 Å². The molecule has 2 nitrogen and oxygen atoms in total. The minimum Gasteiger partial charge on any atom is -0.472 e. The van der Waals surface area contributed by atoms with Crippen LogP contribution in [0.1, 0.15) is 27.0 Å². The number of ketones is 1. The Morgan fingerprint density at radius 1 is 1.24 bits per heavy atom. The first-order valence-corrected chi connectivity index (χ1v) is 7.00. The van der Waals surface area contributed by atoms with Gasteiger partial charge >= 0.3 is 0 Å². The standard InChI is InChI=1S/C14H15O2P/c1-9-4-5-12(17-3)10(2)13(9)14(15)11-6-7-16-8-11/h4-8,17H,1-3H3. The molecule has 1 aromatic carbocycles. The van der Waals surface area contributed by atoms with Gasteiger partial charge in [0, 0.05) is 5.56 Å². The molecule has 88 valence electrons. The van der Waals surface area contributed by atoms with Crippen LogP contribution in [0.2, 0.25) is 0 Å². The highest BCUT2D eigenvalue weighted by molar-refractivity contribution is 7.46. The Kier molecular flexibility index (Phi) is 3.44. The predicted octanol–water partition coefficient (Wildman–Crippen LogP) is 3.06. The summed E-state index contributed by atoms with van der Waals surface area (Å²) in [6.45, 7) is 6.12. The lowest BCUT2D eigenvalue weighted by Crippen LogP contribution is -2.12. The van der Waals surface area contributed by atoms with Gasteiger partial charge in [-0.3, -0.25) is 4.79 Å². The van der Waals surface area contributed by atoms with Crippen molar-refractivity contribution in [3.05, 3.63) is 53.0 Å². The zero-order valence-corrected chi connectivity index (χ0v) is 11.2. The molecular formula is C14H15O2P. The molecule has 0 aliphatic rings. The van der Waals surface area contributed by atoms with Crippen LogP contribution in [-0.4, -0.2) is 12.4 Å². The fourth-order valence-corrected chi connectivity index (χ4v) is 2.76. The predicted molar refractivity (Wildman–Crippen MR) is 71.9 cm³/mol. The van der Waals surface area contributed by atoms with E-state index in [-0.39, 0.29) is 5.78 Å². The van der Waals surface area contributed by atoms with Crippen LogP contribution in [0.3, 0.4) is 0 Å². The molecule has 0 saturated heterocycles. The van der Waals surface area contributed by atoms with E-state index in [0.717, 1.165) is 16.7 Å². The van der Waals surface area contributed by atoms with Gasteiger partial charge in [0.25, 0.3) is 0 Å². The molecule has 1 unspecified atom stereocenters. The van der Waals surface area contributed by atoms with E-state index < -0.39 is 0 Å². The van der Waals surface area contributed by atoms with Crippen LogP contribution in [0.5, 0.6) is 0 Å². The normalized spacial score (nSPS) is 11.2. The molecule has 1 atom stereocenters. The summed E-state index contributed by atoms with van der Waals surface area (Å²) in [5.74, 6) is 0.0499. The van der Waals surface area contributed by atoms with Gasteiger partial charge in [-0.15, -0.1) is 0 Å². The quantitative estimate of drug-likeness (QED) is 0.615. The number of hydrogen-bond acceptors (Lipinski definition) is 2. The third-order valence-corrected chi connectivity index (χ3v) is 4.03. The van der Waals surface area contributed by atoms with Crippen LogP contribution >= 0.6 is 8.58 Å². The Labute approximate surface area is 103 Å². The van der Waals surface area contributed by atoms with Crippen LogP contribution in [0.15, 0.2) is 35.1 Å². The zero-order valence-electron chi connectivity index (χ0n) is 10.2. The van der Waals surface area contributed by atoms with Gasteiger partial charge in [0.05, 0.1) is 11.8 Å². The molecule has 0 amide bonds. The smallest absolute Gasteiger partial charge is 0.196 e. The van der Waals surface area contributed by atoms with Gasteiger partial charge in [0.1, 0.15) is 6.26 Å². The molecule has 3 heteroatoms. The molecular weight excluding hydrogens is 231 g/mol. The Balaban J connectivity index is 2.55. The molecule has 0 aliphatic heterocycles. The highest BCUT2D eigenvalue weighted by atomic mass is 31.1. The summed E-state index contributed by atoms with van der Waals surface area (Å²) in [6, 6.07) is 5.84. The molecule has 0 saturated carbocycles. The minimum atomic E-state index is 0.0499. The Morgan fingerprint density at radius 3 is 2.59 bits per heavy atom. The van der Waals surface area contributed by atoms with E-state index in [2.05, 4.69) is 12.7 Å². The van der Waals surface area contributed by atoms with Crippen LogP contribution in [-0.2, 0) is 0 Å². The van der Waals surface area contributed by atoms with Crippen molar-refractivity contribution in [1.29, 1.82) is 0 Å². The molecule has 1 aromatic heterocycles. The van der Waals surface area contributed by atoms with Crippen LogP contribution in [0.4, 0.5) is 0 Å². The highest BCUT2D eigenvalue weighted by Gasteiger charge is 2.16. The van der Waals surface area contributed by atoms with Gasteiger partial charge in [-0.2, -0.15) is 0 Å². The summed E-state index contributed by atoms with van der Waals surface area (Å²) >= 11 is 0. The second kappa shape index (κ2) is 4.85. The van der Waals surface area contributed by atoms with E-state index in [1.165, 1.54) is 17.8 Å². The molecule has 0 bridgehead atoms. The summed E-state index contributed by atoms with van der Waals surface area (Å²) < 4.78 is 4.97. The Morgan fingerprint density at radius 2 is 2.00 bits per heavy atom. The fourth-order valence-electron chi connectivity index (χ4n) is 2.01. The lowest BCUT2D eigenvalue weighted by atomic mass is 9.96. The average Bonchev–Trinajstić information content (AvgIpc) is 2.82. The lowest BCUT2D eigenvalue weighted by Gasteiger charge is -2.11. The maximum atomic E-state index is 12.4. The van der Waals surface area contributed by atoms with Crippen molar-refractivity contribution in [3.8, 4) is 0 Å². The third-order valence-electron chi connectivity index (χ3n) is 2.95. The Hall–Kier alpha value is -1.40. The number of furan rings is 1. The largest absolute Gasteiger partial charge is 0.472 e. The van der Waals surface area contributed by atoms with Gasteiger partial charge in [-0.05, 0) is 43.0 Å². The number of carbonyl (C=O) groups is 1. The first kappa shape index (κ1) is 12.1. The highest BCUT2D eigenvalue weighted by Crippen LogP contribution is 2.20. The van der Waals surface area contributed by atoms with E-state index in [4.69, 9.17) is 4.42 Å². The van der Waals surface area contributed by atoms with Gasteiger partial charge in [-0.25, -0.2) is 0 Å². The monoisotopic (exact) mass is 246 g/mol. The number of aryl methyl sites for hydroxylation is 1. The van der Waals surface area contributed by atoms with E-state index in [1.54, 1.807) is 6.07 Å². The topological polar surface area (TPSA) is 30.2 Å². The summed E-state index contributed by atoms with van der Waals surface area (Å²) in [4.78, 5) is 12.4. The van der Waals surface area contributed by atoms with Gasteiger partial charge in [0.2, 0.25) is 0 Å². The maximum Gasteiger partial charge on any atom is 0.196 e. The van der Waals surface area contributed by atoms with Gasteiger partial charge in [0.15, 0.2) is 5.78 Å². The molecule has 2 aromatic rings. The molecule has 1 heterocycles. The van der Waals surface area contributed by atoms with Crippen molar-refractivity contribution in [2.75, 3.05) is 6.66 Å². The second-order valence-electron chi connectivity index (χ2n) is 4.02. The summed E-state index contributed by atoms with van der Waals surface area (Å²) in [5.41, 5.74) is 3.55. The van der Waals surface area contributed by atoms with Crippen molar-refractivity contribution in [2.45, 2.75) is 13.8 Å². The zero-order chi connectivity index (χ0) is 12.4. The summed E-state index contributed by atoms with van der Waals surface area (Å²) in [6.07, 6.45) is 3.03. The van der Waals surface area contributed by atoms with Crippen molar-refractivity contribution < 1.29 is 9.21 Å². The molecule has 2 rings (SSSR count). The molecule has 0 spiro atoms. The van der Waals surface area contributed by atoms with Crippen molar-refractivity contribution in [2.24, 2.45) is 0 Å². The number of benzene rings is 1. The lowest BCUT2D eigenvalue weighted by molar-refractivity contribution is 0.103. The third kappa shape index (κ3) is 2.18. The molecule has 0 radical (unpaired) electrons. The number of hydrogen-bond donors (Lipinski definition) is 0. The van der Waals surface area contributed by atoms with Gasteiger partial charge in [-0.1, -0.05) is 20.7 Å². The molecule has 0 fully saturated rings. The first-order valence-electron chi connectivity index (χ1n) is 5.50. The average molecular weight is 246 g/mol. The van der Waals surface area contributed by atoms with Crippen LogP contribution in [0, 0.1) is 13.8 Å². The van der Waals surface area contributed by atoms with E-state index in [0.29, 0.717) is 14.1 Å². The molecule has 17 heavy (non-hydrogen) atoms. The van der Waals surface area contributed by atoms with E-state index in [1.807, 2.05) is 19.9 Å². The van der Waals surface area contributed by atoms with Crippen LogP contribution < -0.4 is 5.30 Å². The minimum absolute atomic E-state index is 0.0499. The van der Waals surface area contributed by atoms with Crippen molar-refractivity contribution >= 4 is 19.7 Å². The van der Waals surface area contributed by atoms with Gasteiger partial charge < -0.3 is 4.42 Å². The first-order chi connectivity index (χ1) is 8.15. The van der Waals surface area contributed by atoms with E-state index >= 15 is 0 Å². The van der Waals surface area contributed by atoms with E-state index in [9.17, 15) is 4.79 Å². The summed E-state index contributed by atoms with van der Waals surface area (Å²) in [7, 11) is 0.704. The number of carbonyl (C=O) groups excluding carboxylic acids is 1. The maximum absolute atomic E-state index is 12.4. The molecule has 0 N–H and O–H groups in total. The fraction of sp³-hybridized carbons (Fsp3) is 0.214. The van der Waals surface area contributed by atoms with Crippen LogP contribution in [0.25, 0.3) is 0 Å². The second-order valence-corrected chi connectivity index (χ2v) is 5.06. The Bertz CT molecular complexity index is 542. The van der Waals surface area contributed by atoms with Crippen molar-refractivity contribution in [3.63, 3.8) is 0 Å².